The number of carbonyl (C=O) groups excluding carboxylic acids is 1. The average Bonchev–Trinajstić information content (AvgIpc) is 2.81. The van der Waals surface area contributed by atoms with E-state index in [1.165, 1.54) is 21.0 Å². The van der Waals surface area contributed by atoms with Crippen LogP contribution in [-0.2, 0) is 14.8 Å². The van der Waals surface area contributed by atoms with Gasteiger partial charge in [0.2, 0.25) is 10.0 Å². The van der Waals surface area contributed by atoms with Crippen molar-refractivity contribution in [3.05, 3.63) is 28.7 Å². The molecular weight excluding hydrogens is 308 g/mol. The maximum atomic E-state index is 12.5. The van der Waals surface area contributed by atoms with Crippen LogP contribution in [0.25, 0.3) is 0 Å². The molecule has 7 nitrogen and oxygen atoms in total. The number of methoxy groups -OCH3 is 1. The first-order valence-corrected chi connectivity index (χ1v) is 8.41. The molecule has 1 aromatic heterocycles. The van der Waals surface area contributed by atoms with Crippen molar-refractivity contribution in [3.8, 4) is 0 Å². The molecule has 2 heterocycles. The molecule has 0 amide bonds. The molecule has 0 aliphatic carbocycles. The number of carbonyl (C=O) groups is 1. The van der Waals surface area contributed by atoms with Crippen LogP contribution < -0.4 is 10.0 Å². The average molecular weight is 328 g/mol. The van der Waals surface area contributed by atoms with Crippen molar-refractivity contribution in [2.75, 3.05) is 26.7 Å². The van der Waals surface area contributed by atoms with Gasteiger partial charge in [0.1, 0.15) is 22.0 Å². The Hall–Kier alpha value is -1.64. The second-order valence-corrected chi connectivity index (χ2v) is 6.75. The van der Waals surface area contributed by atoms with E-state index in [1.54, 1.807) is 0 Å². The topological polar surface area (TPSA) is 97.6 Å². The summed E-state index contributed by atoms with van der Waals surface area (Å²) in [5, 5.41) is 3.16. The lowest BCUT2D eigenvalue weighted by Gasteiger charge is -2.15. The minimum Gasteiger partial charge on any atom is -0.465 e. The largest absolute Gasteiger partial charge is 0.465 e. The van der Waals surface area contributed by atoms with Crippen LogP contribution in [0.3, 0.4) is 0 Å². The summed E-state index contributed by atoms with van der Waals surface area (Å²) < 4.78 is 37.5. The predicted octanol–water partition coefficient (Wildman–Crippen LogP) is 0.881. The highest BCUT2D eigenvalue weighted by molar-refractivity contribution is 7.89. The van der Waals surface area contributed by atoms with Gasteiger partial charge in [0.25, 0.3) is 0 Å². The predicted molar refractivity (Wildman–Crippen MR) is 80.3 cm³/mol. The van der Waals surface area contributed by atoms with Gasteiger partial charge in [-0.25, -0.2) is 17.9 Å². The number of ether oxygens (including phenoxy) is 1. The van der Waals surface area contributed by atoms with E-state index in [0.29, 0.717) is 0 Å². The SMILES string of the molecule is COC(=O)c1c(C)oc(C)c1S(=O)(=O)NCC1=CCNCC1. The van der Waals surface area contributed by atoms with Gasteiger partial charge in [-0.15, -0.1) is 0 Å². The van der Waals surface area contributed by atoms with E-state index in [2.05, 4.69) is 14.8 Å². The number of rotatable bonds is 5. The fraction of sp³-hybridized carbons (Fsp3) is 0.500. The third-order valence-electron chi connectivity index (χ3n) is 3.51. The van der Waals surface area contributed by atoms with Crippen molar-refractivity contribution in [2.45, 2.75) is 25.2 Å². The molecule has 0 bridgehead atoms. The minimum atomic E-state index is -3.86. The second-order valence-electron chi connectivity index (χ2n) is 5.05. The van der Waals surface area contributed by atoms with E-state index in [4.69, 9.17) is 4.42 Å². The third-order valence-corrected chi connectivity index (χ3v) is 5.06. The van der Waals surface area contributed by atoms with Crippen molar-refractivity contribution in [1.29, 1.82) is 0 Å². The van der Waals surface area contributed by atoms with Gasteiger partial charge in [-0.05, 0) is 26.8 Å². The Morgan fingerprint density at radius 2 is 2.14 bits per heavy atom. The summed E-state index contributed by atoms with van der Waals surface area (Å²) in [5.41, 5.74) is 0.964. The van der Waals surface area contributed by atoms with Gasteiger partial charge < -0.3 is 14.5 Å². The Labute approximate surface area is 129 Å². The number of esters is 1. The van der Waals surface area contributed by atoms with Crippen molar-refractivity contribution < 1.29 is 22.4 Å². The molecule has 122 valence electrons. The number of nitrogens with one attached hydrogen (secondary N) is 2. The molecular formula is C14H20N2O5S. The first-order chi connectivity index (χ1) is 10.4. The van der Waals surface area contributed by atoms with Crippen LogP contribution in [0, 0.1) is 13.8 Å². The Morgan fingerprint density at radius 1 is 1.41 bits per heavy atom. The lowest BCUT2D eigenvalue weighted by molar-refractivity contribution is 0.0595. The van der Waals surface area contributed by atoms with Crippen molar-refractivity contribution in [3.63, 3.8) is 0 Å². The van der Waals surface area contributed by atoms with Gasteiger partial charge in [0.05, 0.1) is 7.11 Å². The van der Waals surface area contributed by atoms with E-state index in [9.17, 15) is 13.2 Å². The summed E-state index contributed by atoms with van der Waals surface area (Å²) in [6, 6.07) is 0. The molecule has 1 aromatic rings. The summed E-state index contributed by atoms with van der Waals surface area (Å²) in [6.07, 6.45) is 2.75. The van der Waals surface area contributed by atoms with Crippen molar-refractivity contribution in [1.82, 2.24) is 10.0 Å². The Morgan fingerprint density at radius 3 is 2.73 bits per heavy atom. The highest BCUT2D eigenvalue weighted by Gasteiger charge is 2.31. The molecule has 0 unspecified atom stereocenters. The molecule has 0 radical (unpaired) electrons. The first kappa shape index (κ1) is 16.7. The van der Waals surface area contributed by atoms with E-state index in [-0.39, 0.29) is 28.5 Å². The molecule has 0 saturated heterocycles. The molecule has 0 fully saturated rings. The molecule has 0 saturated carbocycles. The van der Waals surface area contributed by atoms with Gasteiger partial charge in [-0.3, -0.25) is 0 Å². The first-order valence-electron chi connectivity index (χ1n) is 6.93. The Kier molecular flexibility index (Phi) is 5.05. The highest BCUT2D eigenvalue weighted by atomic mass is 32.2. The van der Waals surface area contributed by atoms with E-state index in [0.717, 1.165) is 25.1 Å². The molecule has 2 N–H and O–H groups in total. The number of furan rings is 1. The molecule has 0 spiro atoms. The third kappa shape index (κ3) is 3.40. The van der Waals surface area contributed by atoms with Crippen LogP contribution in [-0.4, -0.2) is 41.1 Å². The van der Waals surface area contributed by atoms with Gasteiger partial charge in [0, 0.05) is 13.1 Å². The molecule has 0 aromatic carbocycles. The zero-order chi connectivity index (χ0) is 16.3. The monoisotopic (exact) mass is 328 g/mol. The quantitative estimate of drug-likeness (QED) is 0.615. The van der Waals surface area contributed by atoms with Crippen LogP contribution in [0.15, 0.2) is 21.0 Å². The normalized spacial score (nSPS) is 15.5. The van der Waals surface area contributed by atoms with Crippen molar-refractivity contribution >= 4 is 16.0 Å². The van der Waals surface area contributed by atoms with Gasteiger partial charge in [0.15, 0.2) is 0 Å². The summed E-state index contributed by atoms with van der Waals surface area (Å²) in [4.78, 5) is 11.7. The summed E-state index contributed by atoms with van der Waals surface area (Å²) in [6.45, 7) is 4.82. The smallest absolute Gasteiger partial charge is 0.342 e. The van der Waals surface area contributed by atoms with Gasteiger partial charge in [-0.1, -0.05) is 11.6 Å². The van der Waals surface area contributed by atoms with Crippen LogP contribution in [0.5, 0.6) is 0 Å². The van der Waals surface area contributed by atoms with Crippen LogP contribution in [0.1, 0.15) is 28.3 Å². The molecule has 1 aliphatic heterocycles. The molecule has 2 rings (SSSR count). The van der Waals surface area contributed by atoms with Crippen molar-refractivity contribution in [2.24, 2.45) is 0 Å². The lowest BCUT2D eigenvalue weighted by atomic mass is 10.1. The lowest BCUT2D eigenvalue weighted by Crippen LogP contribution is -2.30. The Bertz CT molecular complexity index is 703. The molecule has 8 heteroatoms. The fourth-order valence-electron chi connectivity index (χ4n) is 2.42. The standard InChI is InChI=1S/C14H20N2O5S/c1-9-12(14(17)20-3)13(10(2)21-9)22(18,19)16-8-11-4-6-15-7-5-11/h4,15-16H,5-8H2,1-3H3. The summed E-state index contributed by atoms with van der Waals surface area (Å²) >= 11 is 0. The second kappa shape index (κ2) is 6.64. The number of hydrogen-bond donors (Lipinski definition) is 2. The summed E-state index contributed by atoms with van der Waals surface area (Å²) in [7, 11) is -2.66. The molecule has 22 heavy (non-hydrogen) atoms. The van der Waals surface area contributed by atoms with Crippen LogP contribution >= 0.6 is 0 Å². The van der Waals surface area contributed by atoms with E-state index >= 15 is 0 Å². The van der Waals surface area contributed by atoms with E-state index in [1.807, 2.05) is 6.08 Å². The number of aryl methyl sites for hydroxylation is 2. The Balaban J connectivity index is 2.29. The van der Waals surface area contributed by atoms with Crippen LogP contribution in [0.2, 0.25) is 0 Å². The van der Waals surface area contributed by atoms with Crippen LogP contribution in [0.4, 0.5) is 0 Å². The maximum Gasteiger partial charge on any atom is 0.342 e. The minimum absolute atomic E-state index is 0.0493. The van der Waals surface area contributed by atoms with Gasteiger partial charge >= 0.3 is 5.97 Å². The zero-order valence-corrected chi connectivity index (χ0v) is 13.7. The number of hydrogen-bond acceptors (Lipinski definition) is 6. The van der Waals surface area contributed by atoms with Gasteiger partial charge in [-0.2, -0.15) is 0 Å². The molecule has 1 aliphatic rings. The fourth-order valence-corrected chi connectivity index (χ4v) is 3.85. The number of sulfonamides is 1. The maximum absolute atomic E-state index is 12.5. The van der Waals surface area contributed by atoms with E-state index < -0.39 is 16.0 Å². The highest BCUT2D eigenvalue weighted by Crippen LogP contribution is 2.27. The molecule has 0 atom stereocenters. The summed E-state index contributed by atoms with van der Waals surface area (Å²) in [5.74, 6) is -0.327. The zero-order valence-electron chi connectivity index (χ0n) is 12.9.